The quantitative estimate of drug-likeness (QED) is 0.732. The van der Waals surface area contributed by atoms with Crippen molar-refractivity contribution in [3.8, 4) is 5.75 Å². The number of aryl methyl sites for hydroxylation is 1. The van der Waals surface area contributed by atoms with Gasteiger partial charge in [-0.3, -0.25) is 9.59 Å². The Morgan fingerprint density at radius 3 is 2.39 bits per heavy atom. The maximum absolute atomic E-state index is 13.0. The number of nitrogens with one attached hydrogen (secondary N) is 2. The number of carbonyl (C=O) groups is 2. The van der Waals surface area contributed by atoms with Crippen LogP contribution in [0.2, 0.25) is 0 Å². The van der Waals surface area contributed by atoms with E-state index in [1.54, 1.807) is 7.11 Å². The molecule has 0 aromatic heterocycles. The number of halogens is 1. The fourth-order valence-electron chi connectivity index (χ4n) is 2.89. The standard InChI is InChI=1S/C22H27FN2O3/c1-14(2)20(25-21(26)16-6-8-18(23)9-7-16)22(27)24-12-11-17-13-15(3)5-10-19(17)28-4/h5-10,13-14,20H,11-12H2,1-4H3,(H,24,27)(H,25,26). The molecule has 2 rings (SSSR count). The third-order valence-electron chi connectivity index (χ3n) is 4.47. The largest absolute Gasteiger partial charge is 0.496 e. The van der Waals surface area contributed by atoms with Gasteiger partial charge >= 0.3 is 0 Å². The Labute approximate surface area is 165 Å². The van der Waals surface area contributed by atoms with Crippen LogP contribution in [-0.2, 0) is 11.2 Å². The average Bonchev–Trinajstić information content (AvgIpc) is 2.66. The van der Waals surface area contributed by atoms with Crippen molar-refractivity contribution in [2.45, 2.75) is 33.2 Å². The molecule has 0 aliphatic rings. The Morgan fingerprint density at radius 1 is 1.11 bits per heavy atom. The molecular formula is C22H27FN2O3. The van der Waals surface area contributed by atoms with E-state index in [0.29, 0.717) is 18.5 Å². The molecule has 6 heteroatoms. The predicted molar refractivity (Wildman–Crippen MR) is 107 cm³/mol. The molecule has 0 aliphatic carbocycles. The summed E-state index contributed by atoms with van der Waals surface area (Å²) in [6.45, 7) is 6.15. The van der Waals surface area contributed by atoms with Crippen molar-refractivity contribution in [2.24, 2.45) is 5.92 Å². The monoisotopic (exact) mass is 386 g/mol. The SMILES string of the molecule is COc1ccc(C)cc1CCNC(=O)C(NC(=O)c1ccc(F)cc1)C(C)C. The summed E-state index contributed by atoms with van der Waals surface area (Å²) in [5.74, 6) is -0.393. The third-order valence-corrected chi connectivity index (χ3v) is 4.47. The van der Waals surface area contributed by atoms with Crippen LogP contribution >= 0.6 is 0 Å². The lowest BCUT2D eigenvalue weighted by Crippen LogP contribution is -2.50. The minimum atomic E-state index is -0.683. The van der Waals surface area contributed by atoms with Crippen molar-refractivity contribution >= 4 is 11.8 Å². The smallest absolute Gasteiger partial charge is 0.251 e. The van der Waals surface area contributed by atoms with Crippen LogP contribution in [-0.4, -0.2) is 31.5 Å². The van der Waals surface area contributed by atoms with Gasteiger partial charge in [-0.2, -0.15) is 0 Å². The highest BCUT2D eigenvalue weighted by Gasteiger charge is 2.24. The minimum Gasteiger partial charge on any atom is -0.496 e. The average molecular weight is 386 g/mol. The predicted octanol–water partition coefficient (Wildman–Crippen LogP) is 3.26. The Morgan fingerprint density at radius 2 is 1.79 bits per heavy atom. The van der Waals surface area contributed by atoms with Crippen LogP contribution in [0.4, 0.5) is 4.39 Å². The molecule has 150 valence electrons. The molecule has 0 saturated carbocycles. The van der Waals surface area contributed by atoms with Crippen LogP contribution in [0.3, 0.4) is 0 Å². The first-order valence-electron chi connectivity index (χ1n) is 9.29. The van der Waals surface area contributed by atoms with E-state index in [-0.39, 0.29) is 11.8 Å². The molecule has 1 unspecified atom stereocenters. The number of ether oxygens (including phenoxy) is 1. The summed E-state index contributed by atoms with van der Waals surface area (Å²) in [6, 6.07) is 10.4. The molecule has 0 aliphatic heterocycles. The van der Waals surface area contributed by atoms with Gasteiger partial charge in [0.2, 0.25) is 5.91 Å². The lowest BCUT2D eigenvalue weighted by atomic mass is 10.0. The summed E-state index contributed by atoms with van der Waals surface area (Å²) in [5.41, 5.74) is 2.44. The topological polar surface area (TPSA) is 67.4 Å². The second-order valence-corrected chi connectivity index (χ2v) is 7.06. The fourth-order valence-corrected chi connectivity index (χ4v) is 2.89. The second-order valence-electron chi connectivity index (χ2n) is 7.06. The number of hydrogen-bond donors (Lipinski definition) is 2. The zero-order chi connectivity index (χ0) is 20.7. The second kappa shape index (κ2) is 9.88. The van der Waals surface area contributed by atoms with Crippen molar-refractivity contribution in [1.82, 2.24) is 10.6 Å². The summed E-state index contributed by atoms with van der Waals surface area (Å²) in [5, 5.41) is 5.61. The van der Waals surface area contributed by atoms with Crippen LogP contribution in [0, 0.1) is 18.7 Å². The van der Waals surface area contributed by atoms with Crippen molar-refractivity contribution in [1.29, 1.82) is 0 Å². The first-order chi connectivity index (χ1) is 13.3. The van der Waals surface area contributed by atoms with Gasteiger partial charge in [-0.15, -0.1) is 0 Å². The van der Waals surface area contributed by atoms with E-state index in [9.17, 15) is 14.0 Å². The van der Waals surface area contributed by atoms with Crippen molar-refractivity contribution in [2.75, 3.05) is 13.7 Å². The van der Waals surface area contributed by atoms with Crippen LogP contribution in [0.25, 0.3) is 0 Å². The van der Waals surface area contributed by atoms with E-state index in [1.165, 1.54) is 24.3 Å². The molecule has 0 saturated heterocycles. The van der Waals surface area contributed by atoms with Gasteiger partial charge in [0, 0.05) is 12.1 Å². The maximum Gasteiger partial charge on any atom is 0.251 e. The highest BCUT2D eigenvalue weighted by atomic mass is 19.1. The van der Waals surface area contributed by atoms with Gasteiger partial charge in [-0.1, -0.05) is 31.5 Å². The summed E-state index contributed by atoms with van der Waals surface area (Å²) in [7, 11) is 1.62. The van der Waals surface area contributed by atoms with Gasteiger partial charge in [-0.25, -0.2) is 4.39 Å². The van der Waals surface area contributed by atoms with Crippen molar-refractivity contribution in [3.05, 3.63) is 65.0 Å². The molecular weight excluding hydrogens is 359 g/mol. The Balaban J connectivity index is 1.96. The lowest BCUT2D eigenvalue weighted by molar-refractivity contribution is -0.123. The van der Waals surface area contributed by atoms with Gasteiger partial charge in [0.1, 0.15) is 17.6 Å². The molecule has 5 nitrogen and oxygen atoms in total. The zero-order valence-corrected chi connectivity index (χ0v) is 16.7. The van der Waals surface area contributed by atoms with Crippen LogP contribution in [0.15, 0.2) is 42.5 Å². The minimum absolute atomic E-state index is 0.0992. The molecule has 1 atom stereocenters. The van der Waals surface area contributed by atoms with Crippen LogP contribution < -0.4 is 15.4 Å². The fraction of sp³-hybridized carbons (Fsp3) is 0.364. The van der Waals surface area contributed by atoms with E-state index >= 15 is 0 Å². The number of benzene rings is 2. The zero-order valence-electron chi connectivity index (χ0n) is 16.7. The normalized spacial score (nSPS) is 11.8. The Kier molecular flexibility index (Phi) is 7.55. The molecule has 0 fully saturated rings. The highest BCUT2D eigenvalue weighted by Crippen LogP contribution is 2.19. The number of rotatable bonds is 8. The molecule has 2 amide bonds. The van der Waals surface area contributed by atoms with Gasteiger partial charge in [-0.05, 0) is 55.2 Å². The number of carbonyl (C=O) groups excluding carboxylic acids is 2. The van der Waals surface area contributed by atoms with Crippen LogP contribution in [0.1, 0.15) is 35.3 Å². The van der Waals surface area contributed by atoms with E-state index in [0.717, 1.165) is 16.9 Å². The van der Waals surface area contributed by atoms with Crippen LogP contribution in [0.5, 0.6) is 5.75 Å². The Bertz CT molecular complexity index is 819. The number of amides is 2. The summed E-state index contributed by atoms with van der Waals surface area (Å²) >= 11 is 0. The first-order valence-corrected chi connectivity index (χ1v) is 9.29. The van der Waals surface area contributed by atoms with E-state index in [2.05, 4.69) is 10.6 Å². The molecule has 0 heterocycles. The molecule has 2 N–H and O–H groups in total. The highest BCUT2D eigenvalue weighted by molar-refractivity contribution is 5.97. The number of hydrogen-bond acceptors (Lipinski definition) is 3. The molecule has 0 bridgehead atoms. The summed E-state index contributed by atoms with van der Waals surface area (Å²) in [4.78, 5) is 25.0. The molecule has 0 spiro atoms. The van der Waals surface area contributed by atoms with Gasteiger partial charge in [0.05, 0.1) is 7.11 Å². The summed E-state index contributed by atoms with van der Waals surface area (Å²) < 4.78 is 18.4. The van der Waals surface area contributed by atoms with Gasteiger partial charge < -0.3 is 15.4 Å². The van der Waals surface area contributed by atoms with E-state index < -0.39 is 17.8 Å². The van der Waals surface area contributed by atoms with Crippen molar-refractivity contribution < 1.29 is 18.7 Å². The summed E-state index contributed by atoms with van der Waals surface area (Å²) in [6.07, 6.45) is 0.618. The first kappa shape index (κ1) is 21.4. The maximum atomic E-state index is 13.0. The van der Waals surface area contributed by atoms with Crippen molar-refractivity contribution in [3.63, 3.8) is 0 Å². The number of methoxy groups -OCH3 is 1. The third kappa shape index (κ3) is 5.81. The molecule has 0 radical (unpaired) electrons. The van der Waals surface area contributed by atoms with E-state index in [1.807, 2.05) is 39.0 Å². The van der Waals surface area contributed by atoms with Gasteiger partial charge in [0.15, 0.2) is 0 Å². The molecule has 28 heavy (non-hydrogen) atoms. The van der Waals surface area contributed by atoms with E-state index in [4.69, 9.17) is 4.74 Å². The Hall–Kier alpha value is -2.89. The van der Waals surface area contributed by atoms with Gasteiger partial charge in [0.25, 0.3) is 5.91 Å². The molecule has 2 aromatic rings. The lowest BCUT2D eigenvalue weighted by Gasteiger charge is -2.22. The molecule has 2 aromatic carbocycles.